The molecule has 0 N–H and O–H groups in total. The molecule has 3 rings (SSSR count). The fourth-order valence-corrected chi connectivity index (χ4v) is 4.34. The smallest absolute Gasteiger partial charge is 0.253 e. The van der Waals surface area contributed by atoms with Crippen molar-refractivity contribution in [2.24, 2.45) is 0 Å². The van der Waals surface area contributed by atoms with E-state index >= 15 is 0 Å². The van der Waals surface area contributed by atoms with E-state index in [-0.39, 0.29) is 24.2 Å². The normalized spacial score (nSPS) is 20.0. The van der Waals surface area contributed by atoms with E-state index in [1.165, 1.54) is 0 Å². The molecule has 23 heavy (non-hydrogen) atoms. The Morgan fingerprint density at radius 1 is 1.26 bits per heavy atom. The first kappa shape index (κ1) is 15.9. The Morgan fingerprint density at radius 3 is 2.70 bits per heavy atom. The molecule has 0 radical (unpaired) electrons. The molecule has 0 saturated carbocycles. The Kier molecular flexibility index (Phi) is 4.63. The maximum atomic E-state index is 11.5. The minimum atomic E-state index is -2.90. The molecule has 8 heteroatoms. The van der Waals surface area contributed by atoms with Crippen molar-refractivity contribution in [2.75, 3.05) is 18.6 Å². The molecule has 7 nitrogen and oxygen atoms in total. The molecule has 1 aliphatic rings. The van der Waals surface area contributed by atoms with Crippen molar-refractivity contribution >= 4 is 9.84 Å². The molecule has 2 aromatic rings. The summed E-state index contributed by atoms with van der Waals surface area (Å²) in [7, 11) is -1.02. The van der Waals surface area contributed by atoms with Crippen molar-refractivity contribution < 1.29 is 17.6 Å². The summed E-state index contributed by atoms with van der Waals surface area (Å²) in [6.45, 7) is 0.636. The van der Waals surface area contributed by atoms with E-state index in [0.717, 1.165) is 5.75 Å². The van der Waals surface area contributed by atoms with Gasteiger partial charge in [0.2, 0.25) is 5.89 Å². The number of hydrogen-bond acceptors (Lipinski definition) is 7. The van der Waals surface area contributed by atoms with Crippen LogP contribution >= 0.6 is 0 Å². The third kappa shape index (κ3) is 4.29. The summed E-state index contributed by atoms with van der Waals surface area (Å²) in [5, 5.41) is 7.94. The minimum absolute atomic E-state index is 0.0101. The van der Waals surface area contributed by atoms with Crippen molar-refractivity contribution in [2.45, 2.75) is 25.6 Å². The second-order valence-electron chi connectivity index (χ2n) is 5.66. The number of sulfone groups is 1. The maximum Gasteiger partial charge on any atom is 0.253 e. The molecule has 1 aromatic carbocycles. The Bertz CT molecular complexity index is 745. The second kappa shape index (κ2) is 6.67. The van der Waals surface area contributed by atoms with Crippen molar-refractivity contribution in [1.82, 2.24) is 15.1 Å². The molecule has 0 spiro atoms. The van der Waals surface area contributed by atoms with Gasteiger partial charge >= 0.3 is 0 Å². The molecule has 0 aliphatic carbocycles. The van der Waals surface area contributed by atoms with E-state index in [4.69, 9.17) is 9.15 Å². The van der Waals surface area contributed by atoms with Gasteiger partial charge in [-0.05, 0) is 25.6 Å². The first-order valence-corrected chi connectivity index (χ1v) is 9.24. The molecule has 1 atom stereocenters. The van der Waals surface area contributed by atoms with Gasteiger partial charge in [-0.1, -0.05) is 18.2 Å². The van der Waals surface area contributed by atoms with Gasteiger partial charge in [0, 0.05) is 6.04 Å². The highest BCUT2D eigenvalue weighted by atomic mass is 32.2. The van der Waals surface area contributed by atoms with Crippen LogP contribution in [0.1, 0.15) is 18.2 Å². The average molecular weight is 337 g/mol. The Labute approximate surface area is 135 Å². The molecule has 1 saturated heterocycles. The van der Waals surface area contributed by atoms with E-state index in [1.54, 1.807) is 0 Å². The summed E-state index contributed by atoms with van der Waals surface area (Å²) in [6.07, 6.45) is 0.650. The lowest BCUT2D eigenvalue weighted by Crippen LogP contribution is -2.32. The van der Waals surface area contributed by atoms with Crippen LogP contribution in [0, 0.1) is 0 Å². The average Bonchev–Trinajstić information content (AvgIpc) is 3.12. The zero-order chi connectivity index (χ0) is 16.3. The lowest BCUT2D eigenvalue weighted by atomic mass is 10.2. The van der Waals surface area contributed by atoms with Crippen LogP contribution in [0.4, 0.5) is 0 Å². The number of hydrogen-bond donors (Lipinski definition) is 0. The Morgan fingerprint density at radius 2 is 2.00 bits per heavy atom. The first-order valence-electron chi connectivity index (χ1n) is 7.41. The summed E-state index contributed by atoms with van der Waals surface area (Å²) < 4.78 is 34.2. The summed E-state index contributed by atoms with van der Waals surface area (Å²) >= 11 is 0. The molecule has 124 valence electrons. The van der Waals surface area contributed by atoms with Crippen LogP contribution < -0.4 is 4.74 Å². The maximum absolute atomic E-state index is 11.5. The SMILES string of the molecule is CN(Cc1nnc(COc2ccccc2)o1)C1CCS(=O)(=O)C1. The Hall–Kier alpha value is -1.93. The molecule has 2 heterocycles. The highest BCUT2D eigenvalue weighted by molar-refractivity contribution is 7.91. The predicted octanol–water partition coefficient (Wildman–Crippen LogP) is 1.27. The van der Waals surface area contributed by atoms with Crippen LogP contribution in [0.5, 0.6) is 5.75 Å². The van der Waals surface area contributed by atoms with Crippen LogP contribution in [0.2, 0.25) is 0 Å². The molecular formula is C15H19N3O4S. The number of benzene rings is 1. The molecule has 0 bridgehead atoms. The highest BCUT2D eigenvalue weighted by Gasteiger charge is 2.31. The van der Waals surface area contributed by atoms with Gasteiger partial charge in [0.25, 0.3) is 5.89 Å². The summed E-state index contributed by atoms with van der Waals surface area (Å²) in [4.78, 5) is 1.94. The van der Waals surface area contributed by atoms with Crippen molar-refractivity contribution in [3.05, 3.63) is 42.1 Å². The van der Waals surface area contributed by atoms with E-state index < -0.39 is 9.84 Å². The monoisotopic (exact) mass is 337 g/mol. The summed E-state index contributed by atoms with van der Waals surface area (Å²) in [6, 6.07) is 9.41. The van der Waals surface area contributed by atoms with Gasteiger partial charge in [0.1, 0.15) is 5.75 Å². The lowest BCUT2D eigenvalue weighted by Gasteiger charge is -2.20. The number of aromatic nitrogens is 2. The van der Waals surface area contributed by atoms with Crippen LogP contribution in [-0.4, -0.2) is 48.1 Å². The number of nitrogens with zero attached hydrogens (tertiary/aromatic N) is 3. The number of para-hydroxylation sites is 1. The van der Waals surface area contributed by atoms with Gasteiger partial charge in [-0.3, -0.25) is 4.90 Å². The molecule has 0 amide bonds. The highest BCUT2D eigenvalue weighted by Crippen LogP contribution is 2.18. The Balaban J connectivity index is 1.53. The van der Waals surface area contributed by atoms with Crippen LogP contribution in [0.15, 0.2) is 34.7 Å². The van der Waals surface area contributed by atoms with Gasteiger partial charge in [-0.15, -0.1) is 10.2 Å². The third-order valence-electron chi connectivity index (χ3n) is 3.83. The largest absolute Gasteiger partial charge is 0.484 e. The molecule has 1 aromatic heterocycles. The van der Waals surface area contributed by atoms with Gasteiger partial charge < -0.3 is 9.15 Å². The van der Waals surface area contributed by atoms with Crippen molar-refractivity contribution in [1.29, 1.82) is 0 Å². The topological polar surface area (TPSA) is 85.5 Å². The summed E-state index contributed by atoms with van der Waals surface area (Å²) in [5.41, 5.74) is 0. The molecular weight excluding hydrogens is 318 g/mol. The van der Waals surface area contributed by atoms with Crippen molar-refractivity contribution in [3.63, 3.8) is 0 Å². The zero-order valence-electron chi connectivity index (χ0n) is 12.9. The van der Waals surface area contributed by atoms with Crippen LogP contribution in [0.3, 0.4) is 0 Å². The first-order chi connectivity index (χ1) is 11.0. The second-order valence-corrected chi connectivity index (χ2v) is 7.89. The fourth-order valence-electron chi connectivity index (χ4n) is 2.54. The van der Waals surface area contributed by atoms with E-state index in [9.17, 15) is 8.42 Å². The van der Waals surface area contributed by atoms with E-state index in [2.05, 4.69) is 10.2 Å². The van der Waals surface area contributed by atoms with Gasteiger partial charge in [-0.2, -0.15) is 0 Å². The number of ether oxygens (including phenoxy) is 1. The van der Waals surface area contributed by atoms with Crippen LogP contribution in [0.25, 0.3) is 0 Å². The molecule has 1 unspecified atom stereocenters. The van der Waals surface area contributed by atoms with E-state index in [0.29, 0.717) is 24.7 Å². The summed E-state index contributed by atoms with van der Waals surface area (Å²) in [5.74, 6) is 2.05. The lowest BCUT2D eigenvalue weighted by molar-refractivity contribution is 0.216. The van der Waals surface area contributed by atoms with Crippen LogP contribution in [-0.2, 0) is 23.0 Å². The number of rotatable bonds is 6. The van der Waals surface area contributed by atoms with Gasteiger partial charge in [0.05, 0.1) is 18.1 Å². The van der Waals surface area contributed by atoms with Gasteiger partial charge in [-0.25, -0.2) is 8.42 Å². The zero-order valence-corrected chi connectivity index (χ0v) is 13.7. The fraction of sp³-hybridized carbons (Fsp3) is 0.467. The quantitative estimate of drug-likeness (QED) is 0.784. The third-order valence-corrected chi connectivity index (χ3v) is 5.58. The predicted molar refractivity (Wildman–Crippen MR) is 83.6 cm³/mol. The van der Waals surface area contributed by atoms with Gasteiger partial charge in [0.15, 0.2) is 16.4 Å². The standard InChI is InChI=1S/C15H19N3O4S/c1-18(12-7-8-23(19,20)11-12)9-14-16-17-15(22-14)10-21-13-5-3-2-4-6-13/h2-6,12H,7-11H2,1H3. The van der Waals surface area contributed by atoms with Crippen molar-refractivity contribution in [3.8, 4) is 5.75 Å². The van der Waals surface area contributed by atoms with E-state index in [1.807, 2.05) is 42.3 Å². The molecule has 1 aliphatic heterocycles. The molecule has 1 fully saturated rings. The minimum Gasteiger partial charge on any atom is -0.484 e.